The standard InChI is InChI=1S/C24H31N5O5S/c1-16-14-34-12-11-29(16)20-13-19(24(9-10-24)35(2,32)33)26-21(27-20)17-3-5-18(6-4-17)25-22(31)28-23(15-30)7-8-23/h3-6,13,16,30H,7-12,14-15H2,1-2H3,(H2,25,28,31)/t16-/m0/s1. The van der Waals surface area contributed by atoms with Crippen molar-refractivity contribution in [2.24, 2.45) is 0 Å². The van der Waals surface area contributed by atoms with Gasteiger partial charge in [-0.1, -0.05) is 0 Å². The number of carbonyl (C=O) groups excluding carboxylic acids is 1. The van der Waals surface area contributed by atoms with Crippen molar-refractivity contribution >= 4 is 27.4 Å². The van der Waals surface area contributed by atoms with E-state index in [0.717, 1.165) is 18.4 Å². The van der Waals surface area contributed by atoms with Gasteiger partial charge in [-0.05, 0) is 56.9 Å². The van der Waals surface area contributed by atoms with Gasteiger partial charge in [0.15, 0.2) is 15.7 Å². The average Bonchev–Trinajstić information content (AvgIpc) is 3.75. The molecule has 2 aliphatic carbocycles. The quantitative estimate of drug-likeness (QED) is 0.525. The Morgan fingerprint density at radius 2 is 1.91 bits per heavy atom. The summed E-state index contributed by atoms with van der Waals surface area (Å²) in [5, 5.41) is 15.0. The summed E-state index contributed by atoms with van der Waals surface area (Å²) in [5.74, 6) is 1.13. The number of aliphatic hydroxyl groups excluding tert-OH is 1. The first-order valence-corrected chi connectivity index (χ1v) is 13.8. The van der Waals surface area contributed by atoms with Crippen LogP contribution in [-0.2, 0) is 19.3 Å². The van der Waals surface area contributed by atoms with Crippen LogP contribution in [0.1, 0.15) is 38.3 Å². The zero-order valence-electron chi connectivity index (χ0n) is 20.0. The summed E-state index contributed by atoms with van der Waals surface area (Å²) >= 11 is 0. The van der Waals surface area contributed by atoms with Crippen molar-refractivity contribution in [1.82, 2.24) is 15.3 Å². The Morgan fingerprint density at radius 3 is 2.49 bits per heavy atom. The lowest BCUT2D eigenvalue weighted by Gasteiger charge is -2.34. The number of benzene rings is 1. The van der Waals surface area contributed by atoms with Gasteiger partial charge in [0.25, 0.3) is 0 Å². The largest absolute Gasteiger partial charge is 0.394 e. The van der Waals surface area contributed by atoms with Gasteiger partial charge in [-0.25, -0.2) is 23.2 Å². The van der Waals surface area contributed by atoms with Crippen molar-refractivity contribution in [3.8, 4) is 11.4 Å². The van der Waals surface area contributed by atoms with Gasteiger partial charge in [0.05, 0.1) is 37.1 Å². The molecule has 188 valence electrons. The Bertz CT molecular complexity index is 1230. The molecule has 3 N–H and O–H groups in total. The number of carbonyl (C=O) groups is 1. The van der Waals surface area contributed by atoms with Crippen LogP contribution in [0.25, 0.3) is 11.4 Å². The number of amides is 2. The fourth-order valence-corrected chi connectivity index (χ4v) is 5.85. The monoisotopic (exact) mass is 501 g/mol. The lowest BCUT2D eigenvalue weighted by atomic mass is 10.1. The number of nitrogens with one attached hydrogen (secondary N) is 2. The minimum Gasteiger partial charge on any atom is -0.394 e. The van der Waals surface area contributed by atoms with E-state index in [0.29, 0.717) is 55.6 Å². The fraction of sp³-hybridized carbons (Fsp3) is 0.542. The van der Waals surface area contributed by atoms with Crippen LogP contribution in [-0.4, -0.2) is 73.7 Å². The molecule has 2 heterocycles. The second-order valence-electron chi connectivity index (χ2n) is 9.91. The summed E-state index contributed by atoms with van der Waals surface area (Å²) in [7, 11) is -3.34. The van der Waals surface area contributed by atoms with Crippen molar-refractivity contribution in [3.05, 3.63) is 36.0 Å². The summed E-state index contributed by atoms with van der Waals surface area (Å²) in [6.07, 6.45) is 3.90. The van der Waals surface area contributed by atoms with Crippen LogP contribution in [0.2, 0.25) is 0 Å². The van der Waals surface area contributed by atoms with Crippen LogP contribution in [0.5, 0.6) is 0 Å². The lowest BCUT2D eigenvalue weighted by Crippen LogP contribution is -2.44. The molecule has 1 aromatic heterocycles. The molecule has 3 fully saturated rings. The van der Waals surface area contributed by atoms with Gasteiger partial charge in [-0.2, -0.15) is 0 Å². The van der Waals surface area contributed by atoms with E-state index in [2.05, 4.69) is 22.5 Å². The minimum atomic E-state index is -3.34. The molecule has 3 aliphatic rings. The van der Waals surface area contributed by atoms with E-state index in [-0.39, 0.29) is 18.7 Å². The number of hydrogen-bond acceptors (Lipinski definition) is 8. The topological polar surface area (TPSA) is 134 Å². The van der Waals surface area contributed by atoms with Crippen LogP contribution in [0.3, 0.4) is 0 Å². The van der Waals surface area contributed by atoms with Crippen molar-refractivity contribution in [3.63, 3.8) is 0 Å². The molecule has 1 aromatic carbocycles. The van der Waals surface area contributed by atoms with Crippen LogP contribution >= 0.6 is 0 Å². The average molecular weight is 502 g/mol. The van der Waals surface area contributed by atoms with E-state index in [4.69, 9.17) is 14.7 Å². The number of hydrogen-bond donors (Lipinski definition) is 3. The molecule has 11 heteroatoms. The smallest absolute Gasteiger partial charge is 0.319 e. The molecule has 0 unspecified atom stereocenters. The lowest BCUT2D eigenvalue weighted by molar-refractivity contribution is 0.0985. The highest BCUT2D eigenvalue weighted by molar-refractivity contribution is 7.91. The van der Waals surface area contributed by atoms with Crippen molar-refractivity contribution in [1.29, 1.82) is 0 Å². The first kappa shape index (κ1) is 24.0. The summed E-state index contributed by atoms with van der Waals surface area (Å²) in [5.41, 5.74) is 1.34. The molecule has 35 heavy (non-hydrogen) atoms. The Morgan fingerprint density at radius 1 is 1.20 bits per heavy atom. The Labute approximate surface area is 205 Å². The Balaban J connectivity index is 1.44. The van der Waals surface area contributed by atoms with E-state index in [9.17, 15) is 18.3 Å². The molecule has 2 saturated carbocycles. The number of sulfone groups is 1. The zero-order chi connectivity index (χ0) is 24.8. The molecule has 1 saturated heterocycles. The molecule has 5 rings (SSSR count). The molecule has 0 radical (unpaired) electrons. The first-order valence-electron chi connectivity index (χ1n) is 11.9. The highest BCUT2D eigenvalue weighted by Crippen LogP contribution is 2.52. The molecule has 0 bridgehead atoms. The van der Waals surface area contributed by atoms with Gasteiger partial charge in [-0.3, -0.25) is 0 Å². The maximum atomic E-state index is 12.6. The predicted molar refractivity (Wildman–Crippen MR) is 132 cm³/mol. The summed E-state index contributed by atoms with van der Waals surface area (Å²) in [6.45, 7) is 3.79. The molecular weight excluding hydrogens is 470 g/mol. The van der Waals surface area contributed by atoms with E-state index >= 15 is 0 Å². The number of urea groups is 1. The third-order valence-corrected chi connectivity index (χ3v) is 9.23. The highest BCUT2D eigenvalue weighted by Gasteiger charge is 2.55. The normalized spacial score (nSPS) is 22.4. The second-order valence-corrected chi connectivity index (χ2v) is 12.2. The third-order valence-electron chi connectivity index (χ3n) is 7.19. The first-order chi connectivity index (χ1) is 16.6. The van der Waals surface area contributed by atoms with E-state index in [1.165, 1.54) is 6.26 Å². The van der Waals surface area contributed by atoms with Gasteiger partial charge in [-0.15, -0.1) is 0 Å². The third kappa shape index (κ3) is 4.72. The van der Waals surface area contributed by atoms with E-state index in [1.54, 1.807) is 24.3 Å². The Hall–Kier alpha value is -2.76. The van der Waals surface area contributed by atoms with Crippen molar-refractivity contribution < 1.29 is 23.1 Å². The van der Waals surface area contributed by atoms with Gasteiger partial charge < -0.3 is 25.4 Å². The summed E-state index contributed by atoms with van der Waals surface area (Å²) < 4.78 is 29.9. The number of anilines is 2. The van der Waals surface area contributed by atoms with Gasteiger partial charge in [0.2, 0.25) is 0 Å². The predicted octanol–water partition coefficient (Wildman–Crippen LogP) is 2.05. The molecular formula is C24H31N5O5S. The summed E-state index contributed by atoms with van der Waals surface area (Å²) in [4.78, 5) is 23.9. The van der Waals surface area contributed by atoms with Crippen LogP contribution in [0, 0.1) is 0 Å². The van der Waals surface area contributed by atoms with Gasteiger partial charge in [0.1, 0.15) is 10.6 Å². The molecule has 0 spiro atoms. The number of ether oxygens (including phenoxy) is 1. The molecule has 1 aliphatic heterocycles. The van der Waals surface area contributed by atoms with Crippen LogP contribution < -0.4 is 15.5 Å². The van der Waals surface area contributed by atoms with Gasteiger partial charge in [0, 0.05) is 30.1 Å². The maximum absolute atomic E-state index is 12.6. The van der Waals surface area contributed by atoms with E-state index < -0.39 is 20.1 Å². The number of nitrogens with zero attached hydrogens (tertiary/aromatic N) is 3. The molecule has 2 amide bonds. The second kappa shape index (κ2) is 8.72. The number of aromatic nitrogens is 2. The SMILES string of the molecule is C[C@H]1COCCN1c1cc(C2(S(C)(=O)=O)CC2)nc(-c2ccc(NC(=O)NC3(CO)CC3)cc2)n1. The van der Waals surface area contributed by atoms with Crippen LogP contribution in [0.4, 0.5) is 16.3 Å². The fourth-order valence-electron chi connectivity index (χ4n) is 4.52. The number of morpholine rings is 1. The minimum absolute atomic E-state index is 0.0773. The highest BCUT2D eigenvalue weighted by atomic mass is 32.2. The molecule has 10 nitrogen and oxygen atoms in total. The maximum Gasteiger partial charge on any atom is 0.319 e. The van der Waals surface area contributed by atoms with Gasteiger partial charge >= 0.3 is 6.03 Å². The molecule has 1 atom stereocenters. The van der Waals surface area contributed by atoms with Crippen molar-refractivity contribution in [2.45, 2.75) is 48.9 Å². The van der Waals surface area contributed by atoms with E-state index in [1.807, 2.05) is 6.07 Å². The molecule has 2 aromatic rings. The zero-order valence-corrected chi connectivity index (χ0v) is 20.8. The Kier molecular flexibility index (Phi) is 5.97. The number of aliphatic hydroxyl groups is 1. The summed E-state index contributed by atoms with van der Waals surface area (Å²) in [6, 6.07) is 8.67. The number of rotatable bonds is 7. The van der Waals surface area contributed by atoms with Crippen LogP contribution in [0.15, 0.2) is 30.3 Å². The van der Waals surface area contributed by atoms with Crippen molar-refractivity contribution in [2.75, 3.05) is 42.8 Å².